The van der Waals surface area contributed by atoms with Crippen LogP contribution in [0.15, 0.2) is 30.3 Å². The summed E-state index contributed by atoms with van der Waals surface area (Å²) in [6.45, 7) is 14.0. The molecule has 0 bridgehead atoms. The predicted octanol–water partition coefficient (Wildman–Crippen LogP) is 4.55. The van der Waals surface area contributed by atoms with E-state index >= 15 is 0 Å². The first kappa shape index (κ1) is 20.1. The molecule has 140 valence electrons. The molecular weight excluding hydrogens is 332 g/mol. The fourth-order valence-corrected chi connectivity index (χ4v) is 3.72. The van der Waals surface area contributed by atoms with Crippen molar-refractivity contribution in [2.45, 2.75) is 71.1 Å². The Labute approximate surface area is 153 Å². The number of esters is 1. The van der Waals surface area contributed by atoms with Crippen LogP contribution in [0.1, 0.15) is 39.7 Å². The fraction of sp³-hybridized carbons (Fsp3) is 0.650. The summed E-state index contributed by atoms with van der Waals surface area (Å²) >= 11 is 0. The Balaban J connectivity index is 2.02. The molecule has 1 aromatic carbocycles. The van der Waals surface area contributed by atoms with Gasteiger partial charge in [0.15, 0.2) is 8.32 Å². The summed E-state index contributed by atoms with van der Waals surface area (Å²) in [4.78, 5) is 11.9. The van der Waals surface area contributed by atoms with Gasteiger partial charge < -0.3 is 13.9 Å². The van der Waals surface area contributed by atoms with E-state index in [9.17, 15) is 4.79 Å². The van der Waals surface area contributed by atoms with Crippen LogP contribution >= 0.6 is 0 Å². The van der Waals surface area contributed by atoms with E-state index in [2.05, 4.69) is 40.8 Å². The molecule has 0 aliphatic carbocycles. The Hall–Kier alpha value is -1.17. The maximum Gasteiger partial charge on any atom is 0.306 e. The fourth-order valence-electron chi connectivity index (χ4n) is 2.70. The standard InChI is InChI=1S/C20H32O4Si/c1-15-12-18(21)24-17(14-23-25(5,6)20(2,3)4)19(15)22-13-16-10-8-7-9-11-16/h7-11,15,17,19H,12-14H2,1-6H3/t15-,17+,19+/m1/s1. The maximum absolute atomic E-state index is 11.9. The van der Waals surface area contributed by atoms with Gasteiger partial charge in [-0.05, 0) is 29.6 Å². The molecule has 0 N–H and O–H groups in total. The van der Waals surface area contributed by atoms with E-state index in [1.54, 1.807) is 0 Å². The van der Waals surface area contributed by atoms with E-state index in [0.717, 1.165) is 5.56 Å². The molecule has 5 heteroatoms. The zero-order chi connectivity index (χ0) is 18.7. The predicted molar refractivity (Wildman–Crippen MR) is 102 cm³/mol. The molecule has 3 atom stereocenters. The molecule has 1 saturated heterocycles. The average molecular weight is 365 g/mol. The lowest BCUT2D eigenvalue weighted by Gasteiger charge is -2.40. The normalized spacial score (nSPS) is 24.9. The van der Waals surface area contributed by atoms with Gasteiger partial charge in [0.05, 0.1) is 19.6 Å². The highest BCUT2D eigenvalue weighted by molar-refractivity contribution is 6.74. The van der Waals surface area contributed by atoms with Gasteiger partial charge in [0.2, 0.25) is 0 Å². The van der Waals surface area contributed by atoms with E-state index in [1.807, 2.05) is 30.3 Å². The first-order valence-corrected chi connectivity index (χ1v) is 12.0. The minimum atomic E-state index is -1.90. The number of cyclic esters (lactones) is 1. The molecule has 0 amide bonds. The molecule has 25 heavy (non-hydrogen) atoms. The summed E-state index contributed by atoms with van der Waals surface area (Å²) in [6.07, 6.45) is -0.0764. The minimum absolute atomic E-state index is 0.123. The van der Waals surface area contributed by atoms with Crippen molar-refractivity contribution in [2.75, 3.05) is 6.61 Å². The van der Waals surface area contributed by atoms with Gasteiger partial charge >= 0.3 is 5.97 Å². The van der Waals surface area contributed by atoms with E-state index in [1.165, 1.54) is 0 Å². The van der Waals surface area contributed by atoms with Crippen LogP contribution in [0.25, 0.3) is 0 Å². The number of hydrogen-bond donors (Lipinski definition) is 0. The highest BCUT2D eigenvalue weighted by Crippen LogP contribution is 2.37. The zero-order valence-corrected chi connectivity index (χ0v) is 17.4. The Kier molecular flexibility index (Phi) is 6.46. The van der Waals surface area contributed by atoms with Gasteiger partial charge in [-0.25, -0.2) is 0 Å². The Morgan fingerprint density at radius 2 is 1.84 bits per heavy atom. The van der Waals surface area contributed by atoms with E-state index in [4.69, 9.17) is 13.9 Å². The third-order valence-corrected chi connectivity index (χ3v) is 9.90. The van der Waals surface area contributed by atoms with Crippen LogP contribution in [0.2, 0.25) is 18.1 Å². The van der Waals surface area contributed by atoms with Gasteiger partial charge in [0.25, 0.3) is 0 Å². The minimum Gasteiger partial charge on any atom is -0.457 e. The summed E-state index contributed by atoms with van der Waals surface area (Å²) in [5.74, 6) is -0.0335. The van der Waals surface area contributed by atoms with Gasteiger partial charge in [0, 0.05) is 0 Å². The molecule has 1 aliphatic heterocycles. The quantitative estimate of drug-likeness (QED) is 0.549. The first-order valence-electron chi connectivity index (χ1n) is 9.09. The van der Waals surface area contributed by atoms with Gasteiger partial charge in [-0.3, -0.25) is 4.79 Å². The molecule has 4 nitrogen and oxygen atoms in total. The number of carbonyl (C=O) groups excluding carboxylic acids is 1. The molecule has 1 heterocycles. The van der Waals surface area contributed by atoms with Crippen LogP contribution in [-0.2, 0) is 25.3 Å². The van der Waals surface area contributed by atoms with Crippen LogP contribution in [0, 0.1) is 5.92 Å². The highest BCUT2D eigenvalue weighted by atomic mass is 28.4. The third-order valence-electron chi connectivity index (χ3n) is 5.40. The van der Waals surface area contributed by atoms with Gasteiger partial charge in [-0.2, -0.15) is 0 Å². The van der Waals surface area contributed by atoms with Crippen LogP contribution in [0.4, 0.5) is 0 Å². The lowest BCUT2D eigenvalue weighted by atomic mass is 9.94. The second-order valence-corrected chi connectivity index (χ2v) is 13.4. The van der Waals surface area contributed by atoms with Gasteiger partial charge in [-0.1, -0.05) is 58.0 Å². The topological polar surface area (TPSA) is 44.8 Å². The summed E-state index contributed by atoms with van der Waals surface area (Å²) in [5, 5.41) is 0.123. The van der Waals surface area contributed by atoms with Crippen molar-refractivity contribution in [1.29, 1.82) is 0 Å². The number of rotatable bonds is 6. The lowest BCUT2D eigenvalue weighted by Crippen LogP contribution is -2.50. The lowest BCUT2D eigenvalue weighted by molar-refractivity contribution is -0.181. The molecule has 0 radical (unpaired) electrons. The van der Waals surface area contributed by atoms with E-state index in [0.29, 0.717) is 19.6 Å². The van der Waals surface area contributed by atoms with Crippen molar-refractivity contribution < 1.29 is 18.7 Å². The van der Waals surface area contributed by atoms with Crippen molar-refractivity contribution in [2.24, 2.45) is 5.92 Å². The number of hydrogen-bond acceptors (Lipinski definition) is 4. The maximum atomic E-state index is 11.9. The molecule has 0 unspecified atom stereocenters. The average Bonchev–Trinajstić information content (AvgIpc) is 2.51. The molecule has 1 aliphatic rings. The molecule has 0 aromatic heterocycles. The molecule has 1 aromatic rings. The van der Waals surface area contributed by atoms with Gasteiger partial charge in [0.1, 0.15) is 12.2 Å². The molecule has 0 spiro atoms. The summed E-state index contributed by atoms with van der Waals surface area (Å²) in [6, 6.07) is 10.1. The van der Waals surface area contributed by atoms with Crippen LogP contribution < -0.4 is 0 Å². The van der Waals surface area contributed by atoms with Crippen molar-refractivity contribution in [3.63, 3.8) is 0 Å². The van der Waals surface area contributed by atoms with Crippen molar-refractivity contribution >= 4 is 14.3 Å². The second-order valence-electron chi connectivity index (χ2n) is 8.54. The van der Waals surface area contributed by atoms with Crippen LogP contribution in [-0.4, -0.2) is 33.1 Å². The van der Waals surface area contributed by atoms with Gasteiger partial charge in [-0.15, -0.1) is 0 Å². The monoisotopic (exact) mass is 364 g/mol. The van der Waals surface area contributed by atoms with Crippen molar-refractivity contribution in [1.82, 2.24) is 0 Å². The Bertz CT molecular complexity index is 565. The van der Waals surface area contributed by atoms with Crippen molar-refractivity contribution in [3.8, 4) is 0 Å². The van der Waals surface area contributed by atoms with E-state index in [-0.39, 0.29) is 29.1 Å². The molecule has 1 fully saturated rings. The summed E-state index contributed by atoms with van der Waals surface area (Å²) in [7, 11) is -1.90. The summed E-state index contributed by atoms with van der Waals surface area (Å²) in [5.41, 5.74) is 1.12. The zero-order valence-electron chi connectivity index (χ0n) is 16.4. The third kappa shape index (κ3) is 5.40. The number of benzene rings is 1. The smallest absolute Gasteiger partial charge is 0.306 e. The number of ether oxygens (including phenoxy) is 2. The summed E-state index contributed by atoms with van der Waals surface area (Å²) < 4.78 is 18.0. The molecule has 2 rings (SSSR count). The molecular formula is C20H32O4Si. The number of carbonyl (C=O) groups is 1. The Morgan fingerprint density at radius 1 is 1.20 bits per heavy atom. The van der Waals surface area contributed by atoms with Crippen molar-refractivity contribution in [3.05, 3.63) is 35.9 Å². The second kappa shape index (κ2) is 8.02. The molecule has 0 saturated carbocycles. The van der Waals surface area contributed by atoms with Crippen LogP contribution in [0.3, 0.4) is 0 Å². The first-order chi connectivity index (χ1) is 11.6. The Morgan fingerprint density at radius 3 is 2.44 bits per heavy atom. The SMILES string of the molecule is C[C@@H]1CC(=O)O[C@@H](CO[Si](C)(C)C(C)(C)C)[C@H]1OCc1ccccc1. The largest absolute Gasteiger partial charge is 0.457 e. The van der Waals surface area contributed by atoms with E-state index < -0.39 is 8.32 Å². The van der Waals surface area contributed by atoms with Crippen LogP contribution in [0.5, 0.6) is 0 Å². The highest BCUT2D eigenvalue weighted by Gasteiger charge is 2.42.